The highest BCUT2D eigenvalue weighted by Crippen LogP contribution is 2.38. The summed E-state index contributed by atoms with van der Waals surface area (Å²) in [5.74, 6) is 1.40. The van der Waals surface area contributed by atoms with Gasteiger partial charge in [0.2, 0.25) is 0 Å². The highest BCUT2D eigenvalue weighted by molar-refractivity contribution is 5.98. The Morgan fingerprint density at radius 3 is 3.00 bits per heavy atom. The highest BCUT2D eigenvalue weighted by Gasteiger charge is 2.44. The molecule has 1 amide bonds. The van der Waals surface area contributed by atoms with Crippen LogP contribution in [0.15, 0.2) is 60.9 Å². The van der Waals surface area contributed by atoms with Crippen LogP contribution in [0.5, 0.6) is 0 Å². The number of carbonyl (C=O) groups is 1. The second-order valence-corrected chi connectivity index (χ2v) is 8.40. The van der Waals surface area contributed by atoms with Crippen LogP contribution in [0, 0.1) is 5.92 Å². The molecule has 2 fully saturated rings. The molecule has 1 aromatic carbocycles. The number of anilines is 1. The van der Waals surface area contributed by atoms with Crippen LogP contribution in [0.2, 0.25) is 0 Å². The summed E-state index contributed by atoms with van der Waals surface area (Å²) >= 11 is 0. The minimum absolute atomic E-state index is 0.0819. The number of nitrogens with zero attached hydrogens (tertiary/aromatic N) is 3. The van der Waals surface area contributed by atoms with Gasteiger partial charge in [-0.1, -0.05) is 12.1 Å². The van der Waals surface area contributed by atoms with E-state index in [9.17, 15) is 4.79 Å². The second kappa shape index (κ2) is 8.03. The van der Waals surface area contributed by atoms with E-state index in [0.717, 1.165) is 61.2 Å². The van der Waals surface area contributed by atoms with Crippen LogP contribution in [-0.2, 0) is 4.74 Å². The molecule has 2 aliphatic heterocycles. The molecule has 1 spiro atoms. The number of benzene rings is 1. The molecule has 30 heavy (non-hydrogen) atoms. The summed E-state index contributed by atoms with van der Waals surface area (Å²) in [6.45, 7) is 3.01. The van der Waals surface area contributed by atoms with Gasteiger partial charge < -0.3 is 15.0 Å². The lowest BCUT2D eigenvalue weighted by molar-refractivity contribution is -0.0449. The van der Waals surface area contributed by atoms with Gasteiger partial charge in [0.15, 0.2) is 0 Å². The molecule has 6 nitrogen and oxygen atoms in total. The molecule has 0 saturated carbocycles. The van der Waals surface area contributed by atoms with E-state index >= 15 is 0 Å². The van der Waals surface area contributed by atoms with Gasteiger partial charge >= 0.3 is 0 Å². The monoisotopic (exact) mass is 402 g/mol. The van der Waals surface area contributed by atoms with Crippen LogP contribution in [-0.4, -0.2) is 52.6 Å². The summed E-state index contributed by atoms with van der Waals surface area (Å²) in [7, 11) is 0. The Bertz CT molecular complexity index is 1040. The first-order valence-corrected chi connectivity index (χ1v) is 10.6. The van der Waals surface area contributed by atoms with Crippen molar-refractivity contribution in [2.75, 3.05) is 31.6 Å². The molecule has 2 atom stereocenters. The van der Waals surface area contributed by atoms with E-state index in [-0.39, 0.29) is 11.5 Å². The van der Waals surface area contributed by atoms with E-state index in [2.05, 4.69) is 15.3 Å². The lowest BCUT2D eigenvalue weighted by Gasteiger charge is -2.40. The van der Waals surface area contributed by atoms with Gasteiger partial charge in [0.05, 0.1) is 17.7 Å². The van der Waals surface area contributed by atoms with Gasteiger partial charge in [-0.15, -0.1) is 0 Å². The zero-order chi connectivity index (χ0) is 20.4. The fourth-order valence-corrected chi connectivity index (χ4v) is 4.73. The Kier molecular flexibility index (Phi) is 5.09. The molecule has 2 aromatic heterocycles. The predicted octanol–water partition coefficient (Wildman–Crippen LogP) is 3.75. The maximum absolute atomic E-state index is 13.2. The number of piperidine rings is 1. The SMILES string of the molecule is O=C(c1ccc2ncccc2c1)N1CCC[C@]2(C[C@@H](CNc3ccccn3)CO2)C1. The lowest BCUT2D eigenvalue weighted by atomic mass is 9.86. The van der Waals surface area contributed by atoms with Crippen molar-refractivity contribution in [2.24, 2.45) is 5.92 Å². The number of hydrogen-bond donors (Lipinski definition) is 1. The van der Waals surface area contributed by atoms with Gasteiger partial charge in [-0.3, -0.25) is 9.78 Å². The fraction of sp³-hybridized carbons (Fsp3) is 0.375. The molecule has 2 aliphatic rings. The molecule has 0 bridgehead atoms. The van der Waals surface area contributed by atoms with E-state index in [1.807, 2.05) is 53.4 Å². The highest BCUT2D eigenvalue weighted by atomic mass is 16.5. The third-order valence-corrected chi connectivity index (χ3v) is 6.20. The number of likely N-dealkylation sites (tertiary alicyclic amines) is 1. The Morgan fingerprint density at radius 2 is 2.10 bits per heavy atom. The van der Waals surface area contributed by atoms with Gasteiger partial charge in [-0.2, -0.15) is 0 Å². The van der Waals surface area contributed by atoms with Gasteiger partial charge in [0.25, 0.3) is 5.91 Å². The van der Waals surface area contributed by atoms with E-state index < -0.39 is 0 Å². The molecule has 6 heteroatoms. The average molecular weight is 402 g/mol. The lowest BCUT2D eigenvalue weighted by Crippen LogP contribution is -2.50. The number of fused-ring (bicyclic) bond motifs is 1. The van der Waals surface area contributed by atoms with Gasteiger partial charge in [-0.05, 0) is 55.7 Å². The third-order valence-electron chi connectivity index (χ3n) is 6.20. The maximum Gasteiger partial charge on any atom is 0.253 e. The predicted molar refractivity (Wildman–Crippen MR) is 116 cm³/mol. The van der Waals surface area contributed by atoms with E-state index in [0.29, 0.717) is 12.5 Å². The first-order valence-electron chi connectivity index (χ1n) is 10.6. The van der Waals surface area contributed by atoms with E-state index in [1.165, 1.54) is 0 Å². The number of carbonyl (C=O) groups excluding carboxylic acids is 1. The molecule has 0 unspecified atom stereocenters. The van der Waals surface area contributed by atoms with Crippen LogP contribution in [0.4, 0.5) is 5.82 Å². The Morgan fingerprint density at radius 1 is 1.17 bits per heavy atom. The summed E-state index contributed by atoms with van der Waals surface area (Å²) in [5, 5.41) is 4.40. The minimum Gasteiger partial charge on any atom is -0.373 e. The quantitative estimate of drug-likeness (QED) is 0.720. The van der Waals surface area contributed by atoms with Crippen molar-refractivity contribution in [2.45, 2.75) is 24.9 Å². The van der Waals surface area contributed by atoms with Crippen molar-refractivity contribution >= 4 is 22.6 Å². The Balaban J connectivity index is 1.24. The van der Waals surface area contributed by atoms with Crippen molar-refractivity contribution in [3.63, 3.8) is 0 Å². The first-order chi connectivity index (χ1) is 14.7. The molecular weight excluding hydrogens is 376 g/mol. The summed E-state index contributed by atoms with van der Waals surface area (Å²) in [6, 6.07) is 15.5. The molecule has 1 N–H and O–H groups in total. The van der Waals surface area contributed by atoms with E-state index in [1.54, 1.807) is 12.4 Å². The molecule has 2 saturated heterocycles. The van der Waals surface area contributed by atoms with Crippen LogP contribution in [0.1, 0.15) is 29.6 Å². The minimum atomic E-state index is -0.219. The molecular formula is C24H26N4O2. The Labute approximate surface area is 176 Å². The third kappa shape index (κ3) is 3.87. The van der Waals surface area contributed by atoms with Crippen molar-refractivity contribution in [1.29, 1.82) is 0 Å². The number of hydrogen-bond acceptors (Lipinski definition) is 5. The Hall–Kier alpha value is -2.99. The largest absolute Gasteiger partial charge is 0.373 e. The zero-order valence-corrected chi connectivity index (χ0v) is 17.0. The van der Waals surface area contributed by atoms with Crippen molar-refractivity contribution in [3.05, 3.63) is 66.5 Å². The van der Waals surface area contributed by atoms with Crippen molar-refractivity contribution < 1.29 is 9.53 Å². The smallest absolute Gasteiger partial charge is 0.253 e. The first kappa shape index (κ1) is 19.0. The van der Waals surface area contributed by atoms with Crippen LogP contribution < -0.4 is 5.32 Å². The van der Waals surface area contributed by atoms with Crippen molar-refractivity contribution in [1.82, 2.24) is 14.9 Å². The standard InChI is InChI=1S/C24H26N4O2/c29-23(20-7-8-21-19(13-20)5-3-11-25-21)28-12-4-9-24(17-28)14-18(16-30-24)15-27-22-6-1-2-10-26-22/h1-3,5-8,10-11,13,18H,4,9,12,14-17H2,(H,26,27)/t18-,24-/m0/s1. The molecule has 154 valence electrons. The van der Waals surface area contributed by atoms with Crippen molar-refractivity contribution in [3.8, 4) is 0 Å². The molecule has 5 rings (SSSR count). The summed E-state index contributed by atoms with van der Waals surface area (Å²) < 4.78 is 6.30. The van der Waals surface area contributed by atoms with Gasteiger partial charge in [0, 0.05) is 48.9 Å². The van der Waals surface area contributed by atoms with E-state index in [4.69, 9.17) is 4.74 Å². The number of amides is 1. The summed E-state index contributed by atoms with van der Waals surface area (Å²) in [4.78, 5) is 23.8. The molecule has 3 aromatic rings. The fourth-order valence-electron chi connectivity index (χ4n) is 4.73. The summed E-state index contributed by atoms with van der Waals surface area (Å²) in [6.07, 6.45) is 6.52. The van der Waals surface area contributed by atoms with Gasteiger partial charge in [-0.25, -0.2) is 4.98 Å². The number of nitrogens with one attached hydrogen (secondary N) is 1. The summed E-state index contributed by atoms with van der Waals surface area (Å²) in [5.41, 5.74) is 1.41. The molecule has 0 aliphatic carbocycles. The van der Waals surface area contributed by atoms with Crippen LogP contribution >= 0.6 is 0 Å². The number of aromatic nitrogens is 2. The van der Waals surface area contributed by atoms with Gasteiger partial charge in [0.1, 0.15) is 5.82 Å². The number of rotatable bonds is 4. The number of ether oxygens (including phenoxy) is 1. The topological polar surface area (TPSA) is 67.4 Å². The second-order valence-electron chi connectivity index (χ2n) is 8.40. The number of pyridine rings is 2. The maximum atomic E-state index is 13.2. The normalized spacial score (nSPS) is 23.7. The molecule has 0 radical (unpaired) electrons. The average Bonchev–Trinajstić information content (AvgIpc) is 3.19. The van der Waals surface area contributed by atoms with Crippen LogP contribution in [0.3, 0.4) is 0 Å². The van der Waals surface area contributed by atoms with Crippen LogP contribution in [0.25, 0.3) is 10.9 Å². The zero-order valence-electron chi connectivity index (χ0n) is 17.0. The molecule has 4 heterocycles.